The van der Waals surface area contributed by atoms with Gasteiger partial charge in [-0.25, -0.2) is 0 Å². The van der Waals surface area contributed by atoms with Gasteiger partial charge in [0.25, 0.3) is 16.0 Å². The van der Waals surface area contributed by atoms with Crippen LogP contribution in [0.1, 0.15) is 17.3 Å². The lowest BCUT2D eigenvalue weighted by Crippen LogP contribution is -2.12. The number of benzene rings is 3. The van der Waals surface area contributed by atoms with Gasteiger partial charge in [0, 0.05) is 16.6 Å². The normalized spacial score (nSPS) is 11.3. The molecule has 0 aliphatic carbocycles. The Kier molecular flexibility index (Phi) is 4.92. The Labute approximate surface area is 151 Å². The minimum atomic E-state index is -4.43. The van der Waals surface area contributed by atoms with Crippen molar-refractivity contribution >= 4 is 32.5 Å². The van der Waals surface area contributed by atoms with Crippen molar-refractivity contribution in [1.29, 1.82) is 0 Å². The van der Waals surface area contributed by atoms with Gasteiger partial charge in [0.2, 0.25) is 0 Å². The maximum atomic E-state index is 12.4. The zero-order valence-corrected chi connectivity index (χ0v) is 14.8. The van der Waals surface area contributed by atoms with E-state index in [2.05, 4.69) is 5.32 Å². The van der Waals surface area contributed by atoms with Crippen LogP contribution in [0.15, 0.2) is 65.6 Å². The Morgan fingerprint density at radius 1 is 1.08 bits per heavy atom. The minimum Gasteiger partial charge on any atom is -0.494 e. The molecule has 1 amide bonds. The summed E-state index contributed by atoms with van der Waals surface area (Å²) in [5, 5.41) is 3.63. The van der Waals surface area contributed by atoms with Crippen molar-refractivity contribution in [2.24, 2.45) is 0 Å². The second kappa shape index (κ2) is 7.15. The molecule has 3 aromatic rings. The van der Waals surface area contributed by atoms with Crippen LogP contribution in [0.25, 0.3) is 10.8 Å². The quantitative estimate of drug-likeness (QED) is 0.667. The summed E-state index contributed by atoms with van der Waals surface area (Å²) in [4.78, 5) is 12.2. The molecule has 0 atom stereocenters. The highest BCUT2D eigenvalue weighted by Crippen LogP contribution is 2.27. The van der Waals surface area contributed by atoms with Crippen LogP contribution < -0.4 is 10.1 Å². The predicted molar refractivity (Wildman–Crippen MR) is 99.3 cm³/mol. The first-order chi connectivity index (χ1) is 12.4. The smallest absolute Gasteiger partial charge is 0.295 e. The number of ether oxygens (including phenoxy) is 1. The third-order valence-electron chi connectivity index (χ3n) is 3.79. The number of anilines is 1. The summed E-state index contributed by atoms with van der Waals surface area (Å²) < 4.78 is 38.2. The van der Waals surface area contributed by atoms with Crippen molar-refractivity contribution in [3.05, 3.63) is 66.2 Å². The number of fused-ring (bicyclic) bond motifs is 1. The molecule has 0 aliphatic heterocycles. The van der Waals surface area contributed by atoms with E-state index in [4.69, 9.17) is 4.74 Å². The van der Waals surface area contributed by atoms with E-state index in [-0.39, 0.29) is 10.6 Å². The zero-order chi connectivity index (χ0) is 18.7. The van der Waals surface area contributed by atoms with Crippen LogP contribution in [0.5, 0.6) is 5.75 Å². The summed E-state index contributed by atoms with van der Waals surface area (Å²) in [6.45, 7) is 2.40. The Bertz CT molecular complexity index is 1060. The van der Waals surface area contributed by atoms with Crippen LogP contribution in [-0.2, 0) is 10.1 Å². The van der Waals surface area contributed by atoms with Gasteiger partial charge >= 0.3 is 0 Å². The maximum absolute atomic E-state index is 12.4. The van der Waals surface area contributed by atoms with Gasteiger partial charge in [0.05, 0.1) is 6.61 Å². The zero-order valence-electron chi connectivity index (χ0n) is 14.0. The second-order valence-corrected chi connectivity index (χ2v) is 6.97. The largest absolute Gasteiger partial charge is 0.494 e. The number of rotatable bonds is 5. The van der Waals surface area contributed by atoms with Gasteiger partial charge in [-0.2, -0.15) is 8.42 Å². The molecule has 26 heavy (non-hydrogen) atoms. The molecule has 7 heteroatoms. The van der Waals surface area contributed by atoms with Crippen molar-refractivity contribution in [2.75, 3.05) is 11.9 Å². The summed E-state index contributed by atoms with van der Waals surface area (Å²) in [6.07, 6.45) is 0. The minimum absolute atomic E-state index is 0.252. The second-order valence-electron chi connectivity index (χ2n) is 5.58. The number of amides is 1. The Hall–Kier alpha value is -2.90. The van der Waals surface area contributed by atoms with E-state index in [1.807, 2.05) is 6.92 Å². The monoisotopic (exact) mass is 371 g/mol. The molecule has 0 unspecified atom stereocenters. The van der Waals surface area contributed by atoms with E-state index in [1.165, 1.54) is 6.07 Å². The topological polar surface area (TPSA) is 92.7 Å². The molecular formula is C19H17NO5S. The maximum Gasteiger partial charge on any atom is 0.295 e. The fraction of sp³-hybridized carbons (Fsp3) is 0.105. The van der Waals surface area contributed by atoms with Gasteiger partial charge in [0.15, 0.2) is 0 Å². The average Bonchev–Trinajstić information content (AvgIpc) is 2.61. The van der Waals surface area contributed by atoms with Gasteiger partial charge in [-0.3, -0.25) is 9.35 Å². The first kappa shape index (κ1) is 17.9. The SMILES string of the molecule is CCOc1ccc(C(=O)Nc2cc(S(=O)(=O)O)c3ccccc3c2)cc1. The third-order valence-corrected chi connectivity index (χ3v) is 4.68. The summed E-state index contributed by atoms with van der Waals surface area (Å²) in [5.41, 5.74) is 0.672. The fourth-order valence-corrected chi connectivity index (χ4v) is 3.37. The van der Waals surface area contributed by atoms with Crippen LogP contribution in [0.4, 0.5) is 5.69 Å². The summed E-state index contributed by atoms with van der Waals surface area (Å²) in [7, 11) is -4.43. The van der Waals surface area contributed by atoms with Gasteiger partial charge in [0.1, 0.15) is 10.6 Å². The molecule has 3 rings (SSSR count). The van der Waals surface area contributed by atoms with Gasteiger partial charge in [-0.15, -0.1) is 0 Å². The lowest BCUT2D eigenvalue weighted by atomic mass is 10.1. The molecule has 0 heterocycles. The molecule has 2 N–H and O–H groups in total. The number of carbonyl (C=O) groups excluding carboxylic acids is 1. The van der Waals surface area contributed by atoms with Crippen LogP contribution in [0.2, 0.25) is 0 Å². The predicted octanol–water partition coefficient (Wildman–Crippen LogP) is 3.74. The van der Waals surface area contributed by atoms with Gasteiger partial charge in [-0.1, -0.05) is 24.3 Å². The Morgan fingerprint density at radius 3 is 2.42 bits per heavy atom. The molecule has 0 aliphatic rings. The molecule has 0 saturated carbocycles. The van der Waals surface area contributed by atoms with E-state index >= 15 is 0 Å². The number of nitrogens with one attached hydrogen (secondary N) is 1. The van der Waals surface area contributed by atoms with Crippen molar-refractivity contribution in [1.82, 2.24) is 0 Å². The molecule has 0 bridgehead atoms. The van der Waals surface area contributed by atoms with E-state index in [9.17, 15) is 17.8 Å². The number of hydrogen-bond donors (Lipinski definition) is 2. The first-order valence-electron chi connectivity index (χ1n) is 7.93. The highest BCUT2D eigenvalue weighted by atomic mass is 32.2. The van der Waals surface area contributed by atoms with Crippen LogP contribution in [-0.4, -0.2) is 25.5 Å². The molecule has 0 radical (unpaired) electrons. The van der Waals surface area contributed by atoms with Gasteiger partial charge < -0.3 is 10.1 Å². The average molecular weight is 371 g/mol. The van der Waals surface area contributed by atoms with Crippen molar-refractivity contribution in [3.8, 4) is 5.75 Å². The molecule has 3 aromatic carbocycles. The summed E-state index contributed by atoms with van der Waals surface area (Å²) in [5.74, 6) is 0.257. The van der Waals surface area contributed by atoms with E-state index in [0.29, 0.717) is 28.7 Å². The van der Waals surface area contributed by atoms with Crippen LogP contribution >= 0.6 is 0 Å². The summed E-state index contributed by atoms with van der Waals surface area (Å²) in [6, 6.07) is 16.2. The van der Waals surface area contributed by atoms with Crippen molar-refractivity contribution in [3.63, 3.8) is 0 Å². The van der Waals surface area contributed by atoms with Crippen molar-refractivity contribution < 1.29 is 22.5 Å². The molecule has 0 spiro atoms. The number of hydrogen-bond acceptors (Lipinski definition) is 4. The molecule has 0 fully saturated rings. The third kappa shape index (κ3) is 3.84. The molecule has 0 aromatic heterocycles. The van der Waals surface area contributed by atoms with Gasteiger partial charge in [-0.05, 0) is 48.7 Å². The Morgan fingerprint density at radius 2 is 1.77 bits per heavy atom. The first-order valence-corrected chi connectivity index (χ1v) is 9.37. The standard InChI is InChI=1S/C19H17NO5S/c1-2-25-16-9-7-13(8-10-16)19(21)20-15-11-14-5-3-4-6-17(14)18(12-15)26(22,23)24/h3-12H,2H2,1H3,(H,20,21)(H,22,23,24). The highest BCUT2D eigenvalue weighted by molar-refractivity contribution is 7.86. The molecule has 0 saturated heterocycles. The van der Waals surface area contributed by atoms with Crippen LogP contribution in [0, 0.1) is 0 Å². The number of carbonyl (C=O) groups is 1. The molecule has 134 valence electrons. The summed E-state index contributed by atoms with van der Waals surface area (Å²) >= 11 is 0. The lowest BCUT2D eigenvalue weighted by molar-refractivity contribution is 0.102. The fourth-order valence-electron chi connectivity index (χ4n) is 2.63. The molecule has 6 nitrogen and oxygen atoms in total. The highest BCUT2D eigenvalue weighted by Gasteiger charge is 2.16. The molecular weight excluding hydrogens is 354 g/mol. The van der Waals surface area contributed by atoms with E-state index < -0.39 is 16.0 Å². The Balaban J connectivity index is 1.94. The lowest BCUT2D eigenvalue weighted by Gasteiger charge is -2.10. The van der Waals surface area contributed by atoms with E-state index in [0.717, 1.165) is 0 Å². The van der Waals surface area contributed by atoms with E-state index in [1.54, 1.807) is 54.6 Å². The van der Waals surface area contributed by atoms with Crippen molar-refractivity contribution in [2.45, 2.75) is 11.8 Å². The van der Waals surface area contributed by atoms with Crippen LogP contribution in [0.3, 0.4) is 0 Å².